The van der Waals surface area contributed by atoms with Gasteiger partial charge in [0.05, 0.1) is 28.7 Å². The van der Waals surface area contributed by atoms with Crippen LogP contribution in [-0.2, 0) is 13.0 Å². The number of benzene rings is 3. The van der Waals surface area contributed by atoms with Gasteiger partial charge in [-0.05, 0) is 64.3 Å². The van der Waals surface area contributed by atoms with Gasteiger partial charge in [-0.25, -0.2) is 4.98 Å². The van der Waals surface area contributed by atoms with E-state index in [1.165, 1.54) is 10.2 Å². The molecule has 0 fully saturated rings. The van der Waals surface area contributed by atoms with Gasteiger partial charge in [-0.2, -0.15) is 9.78 Å². The second-order valence-corrected chi connectivity index (χ2v) is 9.49. The lowest BCUT2D eigenvalue weighted by atomic mass is 10.1. The normalized spacial score (nSPS) is 11.3. The van der Waals surface area contributed by atoms with Gasteiger partial charge in [0, 0.05) is 10.9 Å². The fourth-order valence-electron chi connectivity index (χ4n) is 3.58. The zero-order valence-corrected chi connectivity index (χ0v) is 22.2. The fraction of sp³-hybridized carbons (Fsp3) is 0.192. The zero-order chi connectivity index (χ0) is 24.2. The monoisotopic (exact) mass is 583 g/mol. The van der Waals surface area contributed by atoms with Crippen molar-refractivity contribution in [2.24, 2.45) is 5.10 Å². The second-order valence-electron chi connectivity index (χ2n) is 7.72. The number of fused-ring (bicyclic) bond motifs is 1. The summed E-state index contributed by atoms with van der Waals surface area (Å²) in [4.78, 5) is 17.7. The summed E-state index contributed by atoms with van der Waals surface area (Å²) in [7, 11) is 1.59. The van der Waals surface area contributed by atoms with Crippen LogP contribution in [0.3, 0.4) is 0 Å². The third kappa shape index (κ3) is 5.23. The van der Waals surface area contributed by atoms with E-state index in [0.717, 1.165) is 20.1 Å². The van der Waals surface area contributed by atoms with E-state index in [0.29, 0.717) is 41.3 Å². The molecule has 3 aromatic carbocycles. The number of methoxy groups -OCH3 is 1. The molecule has 0 aliphatic carbocycles. The van der Waals surface area contributed by atoms with Crippen molar-refractivity contribution in [3.05, 3.63) is 96.4 Å². The Hall–Kier alpha value is -2.97. The van der Waals surface area contributed by atoms with Gasteiger partial charge in [0.2, 0.25) is 0 Å². The summed E-state index contributed by atoms with van der Waals surface area (Å²) in [6.45, 7) is 4.41. The number of ether oxygens (including phenoxy) is 2. The third-order valence-corrected chi connectivity index (χ3v) is 6.31. The van der Waals surface area contributed by atoms with Crippen molar-refractivity contribution in [1.82, 2.24) is 9.66 Å². The van der Waals surface area contributed by atoms with E-state index in [1.807, 2.05) is 56.3 Å². The summed E-state index contributed by atoms with van der Waals surface area (Å²) in [6, 6.07) is 17.3. The van der Waals surface area contributed by atoms with Crippen LogP contribution in [0.2, 0.25) is 0 Å². The number of nitrogens with zero attached hydrogens (tertiary/aromatic N) is 3. The molecule has 0 saturated carbocycles. The molecule has 174 valence electrons. The molecule has 0 N–H and O–H groups in total. The van der Waals surface area contributed by atoms with E-state index >= 15 is 0 Å². The summed E-state index contributed by atoms with van der Waals surface area (Å²) >= 11 is 7.00. The van der Waals surface area contributed by atoms with Crippen molar-refractivity contribution < 1.29 is 9.47 Å². The highest BCUT2D eigenvalue weighted by atomic mass is 79.9. The first-order valence-corrected chi connectivity index (χ1v) is 12.3. The predicted octanol–water partition coefficient (Wildman–Crippen LogP) is 6.26. The maximum atomic E-state index is 13.1. The Morgan fingerprint density at radius 3 is 2.68 bits per heavy atom. The van der Waals surface area contributed by atoms with Crippen LogP contribution < -0.4 is 15.0 Å². The van der Waals surface area contributed by atoms with Gasteiger partial charge in [0.15, 0.2) is 11.5 Å². The molecular weight excluding hydrogens is 562 g/mol. The lowest BCUT2D eigenvalue weighted by Crippen LogP contribution is -2.22. The smallest absolute Gasteiger partial charge is 0.282 e. The molecule has 0 spiro atoms. The van der Waals surface area contributed by atoms with Crippen LogP contribution in [0.4, 0.5) is 0 Å². The van der Waals surface area contributed by atoms with Crippen LogP contribution in [-0.4, -0.2) is 23.0 Å². The largest absolute Gasteiger partial charge is 0.493 e. The van der Waals surface area contributed by atoms with Gasteiger partial charge < -0.3 is 9.47 Å². The molecule has 0 unspecified atom stereocenters. The van der Waals surface area contributed by atoms with Gasteiger partial charge in [-0.15, -0.1) is 0 Å². The van der Waals surface area contributed by atoms with Crippen LogP contribution in [0.1, 0.15) is 29.4 Å². The van der Waals surface area contributed by atoms with E-state index in [1.54, 1.807) is 19.4 Å². The molecule has 1 aromatic heterocycles. The molecule has 0 bridgehead atoms. The Morgan fingerprint density at radius 1 is 1.12 bits per heavy atom. The summed E-state index contributed by atoms with van der Waals surface area (Å²) in [5, 5.41) is 4.96. The average Bonchev–Trinajstić information content (AvgIpc) is 2.82. The van der Waals surface area contributed by atoms with Crippen LogP contribution in [0.15, 0.2) is 73.4 Å². The number of aromatic nitrogens is 2. The number of halogens is 2. The third-order valence-electron chi connectivity index (χ3n) is 5.23. The van der Waals surface area contributed by atoms with E-state index in [4.69, 9.17) is 9.47 Å². The molecule has 1 heterocycles. The lowest BCUT2D eigenvalue weighted by molar-refractivity contribution is 0.282. The van der Waals surface area contributed by atoms with Gasteiger partial charge >= 0.3 is 0 Å². The minimum Gasteiger partial charge on any atom is -0.493 e. The molecule has 4 aromatic rings. The summed E-state index contributed by atoms with van der Waals surface area (Å²) in [6.07, 6.45) is 2.18. The van der Waals surface area contributed by atoms with Gasteiger partial charge in [-0.1, -0.05) is 52.7 Å². The van der Waals surface area contributed by atoms with E-state index in [2.05, 4.69) is 48.0 Å². The highest BCUT2D eigenvalue weighted by Gasteiger charge is 2.13. The minimum absolute atomic E-state index is 0.219. The summed E-state index contributed by atoms with van der Waals surface area (Å²) in [5.41, 5.74) is 3.42. The fourth-order valence-corrected chi connectivity index (χ4v) is 4.51. The SMILES string of the molecule is CCc1nc2ccc(Br)cc2c(=O)n1N=Cc1cc(Br)c(OCc2cccc(C)c2)c(OC)c1. The van der Waals surface area contributed by atoms with Crippen molar-refractivity contribution in [1.29, 1.82) is 0 Å². The molecule has 8 heteroatoms. The minimum atomic E-state index is -0.219. The molecule has 6 nitrogen and oxygen atoms in total. The van der Waals surface area contributed by atoms with Gasteiger partial charge in [0.25, 0.3) is 5.56 Å². The Kier molecular flexibility index (Phi) is 7.48. The molecule has 0 amide bonds. The van der Waals surface area contributed by atoms with Crippen molar-refractivity contribution >= 4 is 49.0 Å². The number of rotatable bonds is 7. The molecule has 0 saturated heterocycles. The molecule has 0 aliphatic rings. The van der Waals surface area contributed by atoms with Gasteiger partial charge in [0.1, 0.15) is 12.4 Å². The lowest BCUT2D eigenvalue weighted by Gasteiger charge is -2.14. The van der Waals surface area contributed by atoms with E-state index < -0.39 is 0 Å². The maximum Gasteiger partial charge on any atom is 0.282 e. The van der Waals surface area contributed by atoms with Crippen LogP contribution in [0, 0.1) is 6.92 Å². The number of hydrogen-bond donors (Lipinski definition) is 0. The van der Waals surface area contributed by atoms with Crippen molar-refractivity contribution in [2.45, 2.75) is 26.9 Å². The van der Waals surface area contributed by atoms with E-state index in [9.17, 15) is 4.79 Å². The Bertz CT molecular complexity index is 1450. The molecule has 0 atom stereocenters. The summed E-state index contributed by atoms with van der Waals surface area (Å²) in [5.74, 6) is 1.75. The highest BCUT2D eigenvalue weighted by molar-refractivity contribution is 9.10. The first-order chi connectivity index (χ1) is 16.4. The highest BCUT2D eigenvalue weighted by Crippen LogP contribution is 2.37. The second kappa shape index (κ2) is 10.5. The Morgan fingerprint density at radius 2 is 1.94 bits per heavy atom. The first-order valence-electron chi connectivity index (χ1n) is 10.7. The Balaban J connectivity index is 1.66. The predicted molar refractivity (Wildman–Crippen MR) is 142 cm³/mol. The van der Waals surface area contributed by atoms with Crippen LogP contribution in [0.5, 0.6) is 11.5 Å². The maximum absolute atomic E-state index is 13.1. The molecule has 0 aliphatic heterocycles. The first kappa shape index (κ1) is 24.2. The van der Waals surface area contributed by atoms with Crippen molar-refractivity contribution in [3.8, 4) is 11.5 Å². The van der Waals surface area contributed by atoms with Gasteiger partial charge in [-0.3, -0.25) is 4.79 Å². The van der Waals surface area contributed by atoms with Crippen molar-refractivity contribution in [3.63, 3.8) is 0 Å². The van der Waals surface area contributed by atoms with Crippen molar-refractivity contribution in [2.75, 3.05) is 7.11 Å². The molecule has 0 radical (unpaired) electrons. The quantitative estimate of drug-likeness (QED) is 0.240. The molecular formula is C26H23Br2N3O3. The standard InChI is InChI=1S/C26H23Br2N3O3/c1-4-24-30-22-9-8-19(27)13-20(22)26(32)31(24)29-14-18-11-21(28)25(23(12-18)33-3)34-15-17-7-5-6-16(2)10-17/h5-14H,4,15H2,1-3H3. The van der Waals surface area contributed by atoms with E-state index in [-0.39, 0.29) is 5.56 Å². The zero-order valence-electron chi connectivity index (χ0n) is 19.0. The Labute approximate surface area is 214 Å². The molecule has 34 heavy (non-hydrogen) atoms. The topological polar surface area (TPSA) is 65.7 Å². The van der Waals surface area contributed by atoms with Crippen LogP contribution >= 0.6 is 31.9 Å². The average molecular weight is 585 g/mol. The molecule has 4 rings (SSSR count). The number of aryl methyl sites for hydroxylation is 2. The number of hydrogen-bond acceptors (Lipinski definition) is 5. The van der Waals surface area contributed by atoms with Crippen LogP contribution in [0.25, 0.3) is 10.9 Å². The summed E-state index contributed by atoms with van der Waals surface area (Å²) < 4.78 is 14.5.